The van der Waals surface area contributed by atoms with Crippen LogP contribution in [-0.2, 0) is 17.1 Å². The zero-order valence-corrected chi connectivity index (χ0v) is 15.9. The normalized spacial score (nSPS) is 11.3. The molecule has 3 rings (SSSR count). The summed E-state index contributed by atoms with van der Waals surface area (Å²) in [6, 6.07) is 13.5. The maximum Gasteiger partial charge on any atom is 0.261 e. The Hall–Kier alpha value is -2.52. The van der Waals surface area contributed by atoms with Crippen molar-refractivity contribution in [2.24, 2.45) is 7.05 Å². The van der Waals surface area contributed by atoms with E-state index >= 15 is 0 Å². The molecule has 0 bridgehead atoms. The van der Waals surface area contributed by atoms with Crippen molar-refractivity contribution in [1.82, 2.24) is 14.8 Å². The highest BCUT2D eigenvalue weighted by atomic mass is 32.2. The number of rotatable bonds is 7. The molecule has 0 radical (unpaired) electrons. The van der Waals surface area contributed by atoms with Crippen molar-refractivity contribution in [2.45, 2.75) is 21.9 Å². The number of nitrogens with one attached hydrogen (secondary N) is 1. The van der Waals surface area contributed by atoms with Gasteiger partial charge in [-0.25, -0.2) is 8.42 Å². The van der Waals surface area contributed by atoms with E-state index in [0.717, 1.165) is 4.90 Å². The predicted octanol–water partition coefficient (Wildman–Crippen LogP) is 3.17. The number of anilines is 1. The molecule has 1 heterocycles. The second kappa shape index (κ2) is 7.79. The molecule has 0 fully saturated rings. The number of sulfonamides is 1. The molecule has 0 unspecified atom stereocenters. The Morgan fingerprint density at radius 2 is 1.88 bits per heavy atom. The molecule has 7 nitrogen and oxygen atoms in total. The van der Waals surface area contributed by atoms with Crippen LogP contribution in [0.5, 0.6) is 5.75 Å². The average molecular weight is 390 g/mol. The fourth-order valence-corrected chi connectivity index (χ4v) is 4.18. The zero-order chi connectivity index (χ0) is 18.6. The Kier molecular flexibility index (Phi) is 5.48. The minimum Gasteiger partial charge on any atom is -0.494 e. The molecule has 1 aromatic heterocycles. The van der Waals surface area contributed by atoms with E-state index in [1.165, 1.54) is 23.9 Å². The van der Waals surface area contributed by atoms with E-state index in [1.807, 2.05) is 26.1 Å². The predicted molar refractivity (Wildman–Crippen MR) is 100.0 cm³/mol. The van der Waals surface area contributed by atoms with E-state index in [9.17, 15) is 8.42 Å². The lowest BCUT2D eigenvalue weighted by molar-refractivity contribution is 0.340. The third kappa shape index (κ3) is 4.17. The Labute approximate surface area is 156 Å². The number of hydrogen-bond donors (Lipinski definition) is 1. The van der Waals surface area contributed by atoms with E-state index in [4.69, 9.17) is 4.74 Å². The van der Waals surface area contributed by atoms with Gasteiger partial charge in [0.15, 0.2) is 5.16 Å². The van der Waals surface area contributed by atoms with Gasteiger partial charge in [-0.3, -0.25) is 4.72 Å². The highest BCUT2D eigenvalue weighted by Crippen LogP contribution is 2.33. The van der Waals surface area contributed by atoms with Crippen LogP contribution in [0.2, 0.25) is 0 Å². The van der Waals surface area contributed by atoms with Gasteiger partial charge in [0.25, 0.3) is 10.0 Å². The van der Waals surface area contributed by atoms with Gasteiger partial charge < -0.3 is 9.30 Å². The number of para-hydroxylation sites is 1. The van der Waals surface area contributed by atoms with Gasteiger partial charge in [0.1, 0.15) is 12.1 Å². The van der Waals surface area contributed by atoms with E-state index in [0.29, 0.717) is 23.2 Å². The fraction of sp³-hybridized carbons (Fsp3) is 0.176. The van der Waals surface area contributed by atoms with Gasteiger partial charge in [-0.05, 0) is 55.1 Å². The third-order valence-corrected chi connectivity index (χ3v) is 5.96. The molecule has 0 aliphatic carbocycles. The molecule has 0 saturated heterocycles. The van der Waals surface area contributed by atoms with Crippen LogP contribution >= 0.6 is 11.8 Å². The Morgan fingerprint density at radius 1 is 1.15 bits per heavy atom. The summed E-state index contributed by atoms with van der Waals surface area (Å²) < 4.78 is 35.1. The van der Waals surface area contributed by atoms with Crippen LogP contribution < -0.4 is 9.46 Å². The van der Waals surface area contributed by atoms with Crippen LogP contribution in [0.3, 0.4) is 0 Å². The molecule has 26 heavy (non-hydrogen) atoms. The van der Waals surface area contributed by atoms with Crippen LogP contribution in [0.4, 0.5) is 5.69 Å². The summed E-state index contributed by atoms with van der Waals surface area (Å²) in [5, 5.41) is 8.52. The summed E-state index contributed by atoms with van der Waals surface area (Å²) in [5.74, 6) is 0.629. The first kappa shape index (κ1) is 18.3. The summed E-state index contributed by atoms with van der Waals surface area (Å²) in [6.07, 6.45) is 1.59. The topological polar surface area (TPSA) is 86.1 Å². The average Bonchev–Trinajstić information content (AvgIpc) is 3.02. The van der Waals surface area contributed by atoms with Crippen LogP contribution in [-0.4, -0.2) is 29.8 Å². The monoisotopic (exact) mass is 390 g/mol. The number of ether oxygens (including phenoxy) is 1. The van der Waals surface area contributed by atoms with Gasteiger partial charge in [0.2, 0.25) is 0 Å². The van der Waals surface area contributed by atoms with E-state index < -0.39 is 10.0 Å². The number of aromatic nitrogens is 3. The molecule has 3 aromatic rings. The van der Waals surface area contributed by atoms with Crippen LogP contribution in [0.25, 0.3) is 0 Å². The second-order valence-electron chi connectivity index (χ2n) is 5.33. The molecule has 2 aromatic carbocycles. The lowest BCUT2D eigenvalue weighted by Crippen LogP contribution is -2.13. The smallest absolute Gasteiger partial charge is 0.261 e. The SMILES string of the molecule is CCOc1ccc(S(=O)(=O)Nc2ccccc2Sc2nncn2C)cc1. The van der Waals surface area contributed by atoms with Crippen molar-refractivity contribution in [2.75, 3.05) is 11.3 Å². The van der Waals surface area contributed by atoms with E-state index in [1.54, 1.807) is 35.2 Å². The maximum absolute atomic E-state index is 12.7. The van der Waals surface area contributed by atoms with E-state index in [2.05, 4.69) is 14.9 Å². The second-order valence-corrected chi connectivity index (χ2v) is 8.02. The number of hydrogen-bond acceptors (Lipinski definition) is 6. The molecule has 1 N–H and O–H groups in total. The molecule has 0 spiro atoms. The summed E-state index contributed by atoms with van der Waals surface area (Å²) in [7, 11) is -1.89. The Morgan fingerprint density at radius 3 is 2.54 bits per heavy atom. The maximum atomic E-state index is 12.7. The zero-order valence-electron chi connectivity index (χ0n) is 14.3. The van der Waals surface area contributed by atoms with Crippen molar-refractivity contribution < 1.29 is 13.2 Å². The van der Waals surface area contributed by atoms with Crippen molar-refractivity contribution in [1.29, 1.82) is 0 Å². The van der Waals surface area contributed by atoms with Gasteiger partial charge >= 0.3 is 0 Å². The molecular formula is C17H18N4O3S2. The van der Waals surface area contributed by atoms with Gasteiger partial charge in [-0.1, -0.05) is 12.1 Å². The molecule has 0 aliphatic heterocycles. The molecule has 9 heteroatoms. The molecule has 136 valence electrons. The van der Waals surface area contributed by atoms with Gasteiger partial charge in [-0.2, -0.15) is 0 Å². The number of aryl methyl sites for hydroxylation is 1. The highest BCUT2D eigenvalue weighted by Gasteiger charge is 2.17. The molecule has 0 saturated carbocycles. The van der Waals surface area contributed by atoms with Crippen molar-refractivity contribution in [3.05, 3.63) is 54.9 Å². The van der Waals surface area contributed by atoms with Crippen LogP contribution in [0.15, 0.2) is 69.8 Å². The van der Waals surface area contributed by atoms with Gasteiger partial charge in [0, 0.05) is 11.9 Å². The standard InChI is InChI=1S/C17H18N4O3S2/c1-3-24-13-8-10-14(11-9-13)26(22,23)20-15-6-4-5-7-16(15)25-17-19-18-12-21(17)2/h4-12,20H,3H2,1-2H3. The van der Waals surface area contributed by atoms with Crippen LogP contribution in [0, 0.1) is 0 Å². The minimum atomic E-state index is -3.72. The molecule has 0 aliphatic rings. The Bertz CT molecular complexity index is 985. The number of benzene rings is 2. The summed E-state index contributed by atoms with van der Waals surface area (Å²) in [6.45, 7) is 2.40. The first-order valence-corrected chi connectivity index (χ1v) is 10.2. The van der Waals surface area contributed by atoms with Crippen molar-refractivity contribution in [3.8, 4) is 5.75 Å². The quantitative estimate of drug-likeness (QED) is 0.667. The molecular weight excluding hydrogens is 372 g/mol. The largest absolute Gasteiger partial charge is 0.494 e. The molecule has 0 amide bonds. The lowest BCUT2D eigenvalue weighted by Gasteiger charge is -2.12. The third-order valence-electron chi connectivity index (χ3n) is 3.45. The number of nitrogens with zero attached hydrogens (tertiary/aromatic N) is 3. The molecule has 0 atom stereocenters. The first-order chi connectivity index (χ1) is 12.5. The fourth-order valence-electron chi connectivity index (χ4n) is 2.19. The summed E-state index contributed by atoms with van der Waals surface area (Å²) in [5.41, 5.74) is 0.481. The van der Waals surface area contributed by atoms with E-state index in [-0.39, 0.29) is 4.90 Å². The summed E-state index contributed by atoms with van der Waals surface area (Å²) >= 11 is 1.33. The first-order valence-electron chi connectivity index (χ1n) is 7.86. The van der Waals surface area contributed by atoms with Crippen LogP contribution in [0.1, 0.15) is 6.92 Å². The lowest BCUT2D eigenvalue weighted by atomic mass is 10.3. The van der Waals surface area contributed by atoms with Gasteiger partial charge in [-0.15, -0.1) is 10.2 Å². The van der Waals surface area contributed by atoms with Crippen molar-refractivity contribution in [3.63, 3.8) is 0 Å². The highest BCUT2D eigenvalue weighted by molar-refractivity contribution is 7.99. The van der Waals surface area contributed by atoms with Crippen molar-refractivity contribution >= 4 is 27.5 Å². The Balaban J connectivity index is 1.84. The summed E-state index contributed by atoms with van der Waals surface area (Å²) in [4.78, 5) is 0.900. The van der Waals surface area contributed by atoms with Gasteiger partial charge in [0.05, 0.1) is 17.2 Å². The minimum absolute atomic E-state index is 0.166.